The number of rotatable bonds is 6. The molecule has 0 saturated carbocycles. The summed E-state index contributed by atoms with van der Waals surface area (Å²) >= 11 is 5.99. The van der Waals surface area contributed by atoms with Crippen molar-refractivity contribution in [1.29, 1.82) is 5.26 Å². The third kappa shape index (κ3) is 4.25. The largest absolute Gasteiger partial charge is 0.490 e. The van der Waals surface area contributed by atoms with E-state index >= 15 is 0 Å². The van der Waals surface area contributed by atoms with E-state index in [2.05, 4.69) is 4.74 Å². The molecule has 2 rings (SSSR count). The smallest absolute Gasteiger partial charge is 0.340 e. The van der Waals surface area contributed by atoms with E-state index in [-0.39, 0.29) is 33.6 Å². The Kier molecular flexibility index (Phi) is 6.08. The van der Waals surface area contributed by atoms with E-state index < -0.39 is 16.1 Å². The van der Waals surface area contributed by atoms with Gasteiger partial charge in [-0.2, -0.15) is 13.7 Å². The first kappa shape index (κ1) is 19.6. The fourth-order valence-electron chi connectivity index (χ4n) is 2.03. The van der Waals surface area contributed by atoms with Crippen molar-refractivity contribution in [3.05, 3.63) is 52.5 Å². The number of nitrogens with zero attached hydrogens (tertiary/aromatic N) is 1. The molecule has 136 valence electrons. The lowest BCUT2D eigenvalue weighted by Crippen LogP contribution is -2.12. The molecule has 0 amide bonds. The molecule has 0 aliphatic rings. The van der Waals surface area contributed by atoms with Crippen LogP contribution in [0, 0.1) is 11.3 Å². The van der Waals surface area contributed by atoms with E-state index in [0.29, 0.717) is 5.56 Å². The van der Waals surface area contributed by atoms with Crippen molar-refractivity contribution in [2.24, 2.45) is 0 Å². The highest BCUT2D eigenvalue weighted by molar-refractivity contribution is 7.87. The Hall–Kier alpha value is -2.76. The van der Waals surface area contributed by atoms with Crippen LogP contribution in [0.15, 0.2) is 41.3 Å². The zero-order chi connectivity index (χ0) is 19.3. The Morgan fingerprint density at radius 2 is 1.92 bits per heavy atom. The van der Waals surface area contributed by atoms with Gasteiger partial charge in [0, 0.05) is 6.07 Å². The first-order valence-corrected chi connectivity index (χ1v) is 9.10. The molecule has 0 spiro atoms. The minimum Gasteiger partial charge on any atom is -0.490 e. The summed E-state index contributed by atoms with van der Waals surface area (Å²) in [6.07, 6.45) is 0. The molecule has 7 nitrogen and oxygen atoms in total. The lowest BCUT2D eigenvalue weighted by atomic mass is 10.2. The van der Waals surface area contributed by atoms with Crippen LogP contribution in [0.5, 0.6) is 11.5 Å². The number of nitriles is 1. The Balaban J connectivity index is 2.41. The van der Waals surface area contributed by atoms with Gasteiger partial charge in [0.15, 0.2) is 11.5 Å². The van der Waals surface area contributed by atoms with Crippen LogP contribution in [0.2, 0.25) is 5.02 Å². The fourth-order valence-corrected chi connectivity index (χ4v) is 3.49. The van der Waals surface area contributed by atoms with E-state index in [4.69, 9.17) is 25.8 Å². The predicted octanol–water partition coefficient (Wildman–Crippen LogP) is 3.16. The van der Waals surface area contributed by atoms with Gasteiger partial charge in [0.2, 0.25) is 0 Å². The topological polar surface area (TPSA) is 103 Å². The average Bonchev–Trinajstić information content (AvgIpc) is 2.62. The van der Waals surface area contributed by atoms with Gasteiger partial charge in [-0.15, -0.1) is 0 Å². The molecule has 0 atom stereocenters. The van der Waals surface area contributed by atoms with Gasteiger partial charge in [-0.25, -0.2) is 4.79 Å². The third-order valence-corrected chi connectivity index (χ3v) is 4.91. The Labute approximate surface area is 155 Å². The minimum absolute atomic E-state index is 0.0843. The van der Waals surface area contributed by atoms with Crippen molar-refractivity contribution < 1.29 is 26.9 Å². The fraction of sp³-hybridized carbons (Fsp3) is 0.176. The maximum Gasteiger partial charge on any atom is 0.340 e. The van der Waals surface area contributed by atoms with Gasteiger partial charge in [0.05, 0.1) is 35.9 Å². The van der Waals surface area contributed by atoms with Crippen molar-refractivity contribution in [2.45, 2.75) is 11.8 Å². The highest BCUT2D eigenvalue weighted by Crippen LogP contribution is 2.33. The standard InChI is InChI=1S/C17H14ClNO6S/c1-3-24-15-8-11(10-19)4-6-14(15)25-26(21,22)16-7-5-12(9-13(16)18)17(20)23-2/h4-9H,3H2,1-2H3. The number of ether oxygens (including phenoxy) is 2. The van der Waals surface area contributed by atoms with Gasteiger partial charge in [-0.1, -0.05) is 11.6 Å². The average molecular weight is 396 g/mol. The maximum absolute atomic E-state index is 12.5. The van der Waals surface area contributed by atoms with Crippen LogP contribution in [0.3, 0.4) is 0 Å². The van der Waals surface area contributed by atoms with E-state index in [9.17, 15) is 13.2 Å². The highest BCUT2D eigenvalue weighted by Gasteiger charge is 2.23. The number of methoxy groups -OCH3 is 1. The number of carbonyl (C=O) groups is 1. The van der Waals surface area contributed by atoms with E-state index in [1.54, 1.807) is 6.92 Å². The molecule has 0 radical (unpaired) electrons. The Bertz CT molecular complexity index is 981. The second-order valence-corrected chi connectivity index (χ2v) is 6.80. The molecule has 0 fully saturated rings. The molecule has 0 heterocycles. The minimum atomic E-state index is -4.30. The van der Waals surface area contributed by atoms with Crippen LogP contribution in [0.25, 0.3) is 0 Å². The summed E-state index contributed by atoms with van der Waals surface area (Å²) < 4.78 is 40.1. The Morgan fingerprint density at radius 3 is 2.50 bits per heavy atom. The van der Waals surface area contributed by atoms with Crippen molar-refractivity contribution in [1.82, 2.24) is 0 Å². The van der Waals surface area contributed by atoms with E-state index in [1.807, 2.05) is 6.07 Å². The Morgan fingerprint density at radius 1 is 1.19 bits per heavy atom. The summed E-state index contributed by atoms with van der Waals surface area (Å²) in [5, 5.41) is 8.74. The third-order valence-electron chi connectivity index (χ3n) is 3.19. The van der Waals surface area contributed by atoms with Gasteiger partial charge in [0.25, 0.3) is 0 Å². The number of halogens is 1. The molecule has 0 unspecified atom stereocenters. The summed E-state index contributed by atoms with van der Waals surface area (Å²) in [4.78, 5) is 11.2. The van der Waals surface area contributed by atoms with Gasteiger partial charge in [-0.05, 0) is 37.3 Å². The van der Waals surface area contributed by atoms with Crippen LogP contribution in [-0.4, -0.2) is 28.1 Å². The van der Waals surface area contributed by atoms with Crippen LogP contribution in [-0.2, 0) is 14.9 Å². The highest BCUT2D eigenvalue weighted by atomic mass is 35.5. The molecular formula is C17H14ClNO6S. The SMILES string of the molecule is CCOc1cc(C#N)ccc1OS(=O)(=O)c1ccc(C(=O)OC)cc1Cl. The molecule has 0 aromatic heterocycles. The second kappa shape index (κ2) is 8.08. The van der Waals surface area contributed by atoms with E-state index in [0.717, 1.165) is 6.07 Å². The van der Waals surface area contributed by atoms with Crippen molar-refractivity contribution in [3.63, 3.8) is 0 Å². The zero-order valence-corrected chi connectivity index (χ0v) is 15.4. The van der Waals surface area contributed by atoms with Crippen LogP contribution in [0.4, 0.5) is 0 Å². The van der Waals surface area contributed by atoms with Gasteiger partial charge < -0.3 is 13.7 Å². The summed E-state index contributed by atoms with van der Waals surface area (Å²) in [6, 6.07) is 9.60. The molecular weight excluding hydrogens is 382 g/mol. The monoisotopic (exact) mass is 395 g/mol. The van der Waals surface area contributed by atoms with Crippen LogP contribution in [0.1, 0.15) is 22.8 Å². The number of hydrogen-bond acceptors (Lipinski definition) is 7. The molecule has 0 aliphatic carbocycles. The van der Waals surface area contributed by atoms with Crippen molar-refractivity contribution in [3.8, 4) is 17.6 Å². The van der Waals surface area contributed by atoms with Crippen molar-refractivity contribution in [2.75, 3.05) is 13.7 Å². The zero-order valence-electron chi connectivity index (χ0n) is 13.9. The predicted molar refractivity (Wildman–Crippen MR) is 92.9 cm³/mol. The second-order valence-electron chi connectivity index (χ2n) is 4.88. The summed E-state index contributed by atoms with van der Waals surface area (Å²) in [5.41, 5.74) is 0.392. The molecule has 2 aromatic carbocycles. The number of benzene rings is 2. The van der Waals surface area contributed by atoms with Crippen LogP contribution >= 0.6 is 11.6 Å². The number of carbonyl (C=O) groups excluding carboxylic acids is 1. The lowest BCUT2D eigenvalue weighted by Gasteiger charge is -2.13. The molecule has 0 N–H and O–H groups in total. The number of esters is 1. The molecule has 0 bridgehead atoms. The first-order chi connectivity index (χ1) is 12.3. The lowest BCUT2D eigenvalue weighted by molar-refractivity contribution is 0.0600. The van der Waals surface area contributed by atoms with Gasteiger partial charge >= 0.3 is 16.1 Å². The maximum atomic E-state index is 12.5. The summed E-state index contributed by atoms with van der Waals surface area (Å²) in [5.74, 6) is -0.626. The van der Waals surface area contributed by atoms with Crippen molar-refractivity contribution >= 4 is 27.7 Å². The van der Waals surface area contributed by atoms with Gasteiger partial charge in [0.1, 0.15) is 4.90 Å². The summed E-state index contributed by atoms with van der Waals surface area (Å²) in [6.45, 7) is 1.96. The van der Waals surface area contributed by atoms with E-state index in [1.165, 1.54) is 37.4 Å². The molecule has 2 aromatic rings. The number of hydrogen-bond donors (Lipinski definition) is 0. The first-order valence-electron chi connectivity index (χ1n) is 7.31. The summed E-state index contributed by atoms with van der Waals surface area (Å²) in [7, 11) is -3.10. The molecule has 0 aliphatic heterocycles. The molecule has 9 heteroatoms. The quantitative estimate of drug-likeness (QED) is 0.546. The van der Waals surface area contributed by atoms with Gasteiger partial charge in [-0.3, -0.25) is 0 Å². The molecule has 26 heavy (non-hydrogen) atoms. The normalized spacial score (nSPS) is 10.7. The molecule has 0 saturated heterocycles. The van der Waals surface area contributed by atoms with Crippen LogP contribution < -0.4 is 8.92 Å².